The predicted molar refractivity (Wildman–Crippen MR) is 112 cm³/mol. The Bertz CT molecular complexity index is 888. The molecule has 2 amide bonds. The summed E-state index contributed by atoms with van der Waals surface area (Å²) in [5.41, 5.74) is 5.62. The molecule has 0 saturated heterocycles. The van der Waals surface area contributed by atoms with Crippen LogP contribution in [0.2, 0.25) is 0 Å². The first-order chi connectivity index (χ1) is 14.0. The van der Waals surface area contributed by atoms with Gasteiger partial charge in [-0.25, -0.2) is 0 Å². The molecule has 0 aliphatic heterocycles. The van der Waals surface area contributed by atoms with Crippen LogP contribution in [0.1, 0.15) is 34.1 Å². The molecule has 0 fully saturated rings. The standard InChI is InChI=1S/C20H23N3O5S/c1-4-10-28-15-7-5-6-13(11-15)18(24)21-20(29)23-22-19(25)14-8-9-16(26-2)17(12-14)27-3/h5-9,11-12H,4,10H2,1-3H3,(H,22,25)(H2,21,23,24,29). The van der Waals surface area contributed by atoms with Gasteiger partial charge in [0.05, 0.1) is 20.8 Å². The largest absolute Gasteiger partial charge is 0.494 e. The van der Waals surface area contributed by atoms with Crippen LogP contribution in [-0.2, 0) is 0 Å². The zero-order valence-corrected chi connectivity index (χ0v) is 17.2. The van der Waals surface area contributed by atoms with Crippen molar-refractivity contribution >= 4 is 29.1 Å². The number of methoxy groups -OCH3 is 2. The van der Waals surface area contributed by atoms with Crippen LogP contribution in [0, 0.1) is 0 Å². The van der Waals surface area contributed by atoms with Crippen molar-refractivity contribution in [1.82, 2.24) is 16.2 Å². The smallest absolute Gasteiger partial charge is 0.269 e. The molecule has 0 aliphatic rings. The Morgan fingerprint density at radius 1 is 0.931 bits per heavy atom. The number of benzene rings is 2. The number of hydrogen-bond donors (Lipinski definition) is 3. The molecule has 8 nitrogen and oxygen atoms in total. The number of ether oxygens (including phenoxy) is 3. The quantitative estimate of drug-likeness (QED) is 0.470. The Morgan fingerprint density at radius 3 is 2.34 bits per heavy atom. The maximum atomic E-state index is 12.3. The van der Waals surface area contributed by atoms with Gasteiger partial charge in [0, 0.05) is 11.1 Å². The summed E-state index contributed by atoms with van der Waals surface area (Å²) in [5, 5.41) is 2.44. The second-order valence-electron chi connectivity index (χ2n) is 5.81. The highest BCUT2D eigenvalue weighted by Gasteiger charge is 2.12. The van der Waals surface area contributed by atoms with E-state index in [0.717, 1.165) is 6.42 Å². The third kappa shape index (κ3) is 6.35. The predicted octanol–water partition coefficient (Wildman–Crippen LogP) is 2.44. The summed E-state index contributed by atoms with van der Waals surface area (Å²) < 4.78 is 15.8. The van der Waals surface area contributed by atoms with E-state index in [-0.39, 0.29) is 5.11 Å². The number of thiocarbonyl (C=S) groups is 1. The van der Waals surface area contributed by atoms with E-state index in [1.54, 1.807) is 36.4 Å². The molecule has 0 atom stereocenters. The first-order valence-electron chi connectivity index (χ1n) is 8.85. The van der Waals surface area contributed by atoms with Crippen LogP contribution in [0.15, 0.2) is 42.5 Å². The lowest BCUT2D eigenvalue weighted by Gasteiger charge is -2.13. The van der Waals surface area contributed by atoms with Crippen LogP contribution in [0.4, 0.5) is 0 Å². The molecule has 0 aliphatic carbocycles. The van der Waals surface area contributed by atoms with Crippen LogP contribution in [-0.4, -0.2) is 37.8 Å². The number of hydrogen-bond acceptors (Lipinski definition) is 6. The van der Waals surface area contributed by atoms with Gasteiger partial charge in [-0.05, 0) is 55.0 Å². The normalized spacial score (nSPS) is 9.90. The van der Waals surface area contributed by atoms with Gasteiger partial charge in [0.25, 0.3) is 11.8 Å². The third-order valence-electron chi connectivity index (χ3n) is 3.73. The summed E-state index contributed by atoms with van der Waals surface area (Å²) in [6.07, 6.45) is 0.865. The van der Waals surface area contributed by atoms with E-state index >= 15 is 0 Å². The molecule has 2 aromatic rings. The van der Waals surface area contributed by atoms with E-state index in [0.29, 0.717) is 35.0 Å². The highest BCUT2D eigenvalue weighted by atomic mass is 32.1. The second kappa shape index (κ2) is 10.9. The molecule has 0 spiro atoms. The van der Waals surface area contributed by atoms with Gasteiger partial charge in [-0.2, -0.15) is 0 Å². The van der Waals surface area contributed by atoms with Gasteiger partial charge in [-0.15, -0.1) is 0 Å². The molecule has 0 unspecified atom stereocenters. The van der Waals surface area contributed by atoms with Crippen LogP contribution < -0.4 is 30.4 Å². The van der Waals surface area contributed by atoms with Gasteiger partial charge < -0.3 is 14.2 Å². The summed E-state index contributed by atoms with van der Waals surface area (Å²) in [6, 6.07) is 11.5. The summed E-state index contributed by atoms with van der Waals surface area (Å²) >= 11 is 5.06. The Hall–Kier alpha value is -3.33. The second-order valence-corrected chi connectivity index (χ2v) is 6.22. The lowest BCUT2D eigenvalue weighted by atomic mass is 10.2. The van der Waals surface area contributed by atoms with Gasteiger partial charge in [-0.3, -0.25) is 25.8 Å². The van der Waals surface area contributed by atoms with Crippen LogP contribution >= 0.6 is 12.2 Å². The van der Waals surface area contributed by atoms with Crippen molar-refractivity contribution in [3.05, 3.63) is 53.6 Å². The fourth-order valence-electron chi connectivity index (χ4n) is 2.32. The Labute approximate surface area is 174 Å². The molecule has 154 valence electrons. The number of amides is 2. The Balaban J connectivity index is 1.91. The van der Waals surface area contributed by atoms with Crippen molar-refractivity contribution in [3.63, 3.8) is 0 Å². The van der Waals surface area contributed by atoms with E-state index < -0.39 is 11.8 Å². The zero-order chi connectivity index (χ0) is 21.2. The first-order valence-corrected chi connectivity index (χ1v) is 9.25. The van der Waals surface area contributed by atoms with Gasteiger partial charge in [0.15, 0.2) is 16.6 Å². The molecular formula is C20H23N3O5S. The number of carbonyl (C=O) groups excluding carboxylic acids is 2. The van der Waals surface area contributed by atoms with Crippen molar-refractivity contribution in [2.45, 2.75) is 13.3 Å². The summed E-state index contributed by atoms with van der Waals surface area (Å²) in [7, 11) is 2.98. The van der Waals surface area contributed by atoms with Crippen molar-refractivity contribution in [2.75, 3.05) is 20.8 Å². The van der Waals surface area contributed by atoms with E-state index in [2.05, 4.69) is 16.2 Å². The highest BCUT2D eigenvalue weighted by molar-refractivity contribution is 7.80. The first kappa shape index (κ1) is 22.0. The van der Waals surface area contributed by atoms with Crippen molar-refractivity contribution in [1.29, 1.82) is 0 Å². The molecule has 2 aromatic carbocycles. The number of hydrazine groups is 1. The Kier molecular flexibility index (Phi) is 8.23. The average Bonchev–Trinajstić information content (AvgIpc) is 2.75. The minimum atomic E-state index is -0.461. The molecule has 0 bridgehead atoms. The van der Waals surface area contributed by atoms with Crippen LogP contribution in [0.25, 0.3) is 0 Å². The third-order valence-corrected chi connectivity index (χ3v) is 3.94. The number of rotatable bonds is 7. The Morgan fingerprint density at radius 2 is 1.66 bits per heavy atom. The molecule has 0 saturated carbocycles. The molecule has 0 radical (unpaired) electrons. The SMILES string of the molecule is CCCOc1cccc(C(=O)NC(=S)NNC(=O)c2ccc(OC)c(OC)c2)c1. The van der Waals surface area contributed by atoms with Gasteiger partial charge in [0.1, 0.15) is 5.75 Å². The van der Waals surface area contributed by atoms with E-state index in [4.69, 9.17) is 26.4 Å². The average molecular weight is 417 g/mol. The van der Waals surface area contributed by atoms with Gasteiger partial charge >= 0.3 is 0 Å². The summed E-state index contributed by atoms with van der Waals surface area (Å²) in [6.45, 7) is 2.56. The van der Waals surface area contributed by atoms with Crippen LogP contribution in [0.3, 0.4) is 0 Å². The summed E-state index contributed by atoms with van der Waals surface area (Å²) in [4.78, 5) is 24.6. The fourth-order valence-corrected chi connectivity index (χ4v) is 2.46. The number of nitrogens with one attached hydrogen (secondary N) is 3. The van der Waals surface area contributed by atoms with E-state index in [1.165, 1.54) is 20.3 Å². The van der Waals surface area contributed by atoms with Crippen molar-refractivity contribution in [3.8, 4) is 17.2 Å². The molecular weight excluding hydrogens is 394 g/mol. The molecule has 9 heteroatoms. The molecule has 2 rings (SSSR count). The minimum absolute atomic E-state index is 0.0521. The minimum Gasteiger partial charge on any atom is -0.494 e. The lowest BCUT2D eigenvalue weighted by molar-refractivity contribution is 0.0934. The lowest BCUT2D eigenvalue weighted by Crippen LogP contribution is -2.48. The molecule has 0 heterocycles. The molecule has 0 aromatic heterocycles. The highest BCUT2D eigenvalue weighted by Crippen LogP contribution is 2.27. The monoisotopic (exact) mass is 417 g/mol. The molecule has 3 N–H and O–H groups in total. The topological polar surface area (TPSA) is 97.9 Å². The maximum Gasteiger partial charge on any atom is 0.269 e. The van der Waals surface area contributed by atoms with Crippen molar-refractivity contribution < 1.29 is 23.8 Å². The summed E-state index contributed by atoms with van der Waals surface area (Å²) in [5.74, 6) is 0.633. The fraction of sp³-hybridized carbons (Fsp3) is 0.250. The van der Waals surface area contributed by atoms with E-state index in [1.807, 2.05) is 6.92 Å². The van der Waals surface area contributed by atoms with Crippen LogP contribution in [0.5, 0.6) is 17.2 Å². The van der Waals surface area contributed by atoms with E-state index in [9.17, 15) is 9.59 Å². The van der Waals surface area contributed by atoms with Gasteiger partial charge in [-0.1, -0.05) is 13.0 Å². The van der Waals surface area contributed by atoms with Gasteiger partial charge in [0.2, 0.25) is 0 Å². The number of carbonyl (C=O) groups is 2. The van der Waals surface area contributed by atoms with Crippen molar-refractivity contribution in [2.24, 2.45) is 0 Å². The molecule has 29 heavy (non-hydrogen) atoms. The maximum absolute atomic E-state index is 12.3. The zero-order valence-electron chi connectivity index (χ0n) is 16.4.